The quantitative estimate of drug-likeness (QED) is 0.171. The number of hydrogen-bond donors (Lipinski definition) is 0. The second-order valence-corrected chi connectivity index (χ2v) is 5.79. The fourth-order valence-corrected chi connectivity index (χ4v) is 2.64. The van der Waals surface area contributed by atoms with Crippen molar-refractivity contribution in [2.75, 3.05) is 0 Å². The van der Waals surface area contributed by atoms with Crippen LogP contribution >= 0.6 is 0 Å². The van der Waals surface area contributed by atoms with Gasteiger partial charge in [-0.15, -0.1) is 23.8 Å². The number of carbonyl (C=O) groups is 1. The van der Waals surface area contributed by atoms with Crippen LogP contribution in [-0.4, -0.2) is 5.78 Å². The van der Waals surface area contributed by atoms with Gasteiger partial charge in [0.2, 0.25) is 0 Å². The summed E-state index contributed by atoms with van der Waals surface area (Å²) in [6, 6.07) is 35.6. The number of benzene rings is 2. The Morgan fingerprint density at radius 2 is 1.41 bits per heavy atom. The first-order valence-corrected chi connectivity index (χ1v) is 8.60. The largest absolute Gasteiger partial charge is 2.00 e. The first kappa shape index (κ1) is 20.4. The molecule has 4 rings (SSSR count). The Labute approximate surface area is 171 Å². The molecule has 0 atom stereocenters. The molecule has 4 aromatic rings. The Balaban J connectivity index is 0.000000379. The van der Waals surface area contributed by atoms with Crippen molar-refractivity contribution in [3.8, 4) is 11.1 Å². The summed E-state index contributed by atoms with van der Waals surface area (Å²) in [6.45, 7) is 0. The summed E-state index contributed by atoms with van der Waals surface area (Å²) in [5, 5.41) is 0. The first-order valence-electron chi connectivity index (χ1n) is 8.60. The minimum Gasteiger partial charge on any atom is -0.289 e. The van der Waals surface area contributed by atoms with E-state index < -0.39 is 0 Å². The van der Waals surface area contributed by atoms with E-state index in [-0.39, 0.29) is 22.9 Å². The van der Waals surface area contributed by atoms with Gasteiger partial charge in [-0.1, -0.05) is 65.7 Å². The molecule has 0 aliphatic heterocycles. The minimum absolute atomic E-state index is 0. The zero-order valence-corrected chi connectivity index (χ0v) is 15.9. The Bertz CT molecular complexity index is 916. The summed E-state index contributed by atoms with van der Waals surface area (Å²) >= 11 is 0. The van der Waals surface area contributed by atoms with Crippen LogP contribution in [0.5, 0.6) is 0 Å². The van der Waals surface area contributed by atoms with E-state index >= 15 is 0 Å². The van der Waals surface area contributed by atoms with Crippen molar-refractivity contribution in [2.45, 2.75) is 0 Å². The molecule has 0 radical (unpaired) electrons. The normalized spacial score (nSPS) is 9.93. The predicted molar refractivity (Wildman–Crippen MR) is 109 cm³/mol. The molecule has 0 amide bonds. The summed E-state index contributed by atoms with van der Waals surface area (Å²) in [5.41, 5.74) is 4.06. The van der Waals surface area contributed by atoms with Crippen molar-refractivity contribution >= 4 is 11.9 Å². The van der Waals surface area contributed by atoms with Crippen LogP contribution in [-0.2, 0) is 17.1 Å². The van der Waals surface area contributed by atoms with Gasteiger partial charge in [-0.05, 0) is 6.08 Å². The smallest absolute Gasteiger partial charge is 0.289 e. The number of carbonyl (C=O) groups excluding carboxylic acids is 1. The number of rotatable bonds is 4. The fourth-order valence-electron chi connectivity index (χ4n) is 2.64. The molecule has 0 aliphatic carbocycles. The standard InChI is InChI=1S/C20H15O.C5H5.Fe/c21-20(18-11-2-1-3-12-18)15-14-17-10-6-7-13-19(17)16-8-4-5-9-16;1-2-4-5-3-1;/h1-15H;1-5H;/q2*-1;+2/b15-14+;;. The number of hydrogen-bond acceptors (Lipinski definition) is 1. The van der Waals surface area contributed by atoms with Gasteiger partial charge in [0.1, 0.15) is 0 Å². The molecule has 0 unspecified atom stereocenters. The number of ketones is 1. The van der Waals surface area contributed by atoms with E-state index in [1.54, 1.807) is 6.08 Å². The topological polar surface area (TPSA) is 17.1 Å². The summed E-state index contributed by atoms with van der Waals surface area (Å²) in [5.74, 6) is 0.0212. The van der Waals surface area contributed by atoms with Gasteiger partial charge in [0.25, 0.3) is 0 Å². The van der Waals surface area contributed by atoms with E-state index in [1.807, 2.05) is 97.1 Å². The van der Waals surface area contributed by atoms with Crippen LogP contribution < -0.4 is 0 Å². The number of allylic oxidation sites excluding steroid dienone is 1. The third-order valence-corrected chi connectivity index (χ3v) is 3.96. The van der Waals surface area contributed by atoms with Crippen molar-refractivity contribution in [2.24, 2.45) is 0 Å². The average molecular weight is 392 g/mol. The molecule has 2 heteroatoms. The Kier molecular flexibility index (Phi) is 8.25. The van der Waals surface area contributed by atoms with Gasteiger partial charge in [0, 0.05) is 5.56 Å². The molecule has 0 spiro atoms. The molecule has 134 valence electrons. The molecule has 0 aromatic heterocycles. The van der Waals surface area contributed by atoms with Crippen LogP contribution in [0.2, 0.25) is 0 Å². The van der Waals surface area contributed by atoms with E-state index in [2.05, 4.69) is 18.2 Å². The van der Waals surface area contributed by atoms with Crippen molar-refractivity contribution in [1.29, 1.82) is 0 Å². The molecule has 4 aromatic carbocycles. The monoisotopic (exact) mass is 392 g/mol. The molecule has 0 heterocycles. The van der Waals surface area contributed by atoms with Gasteiger partial charge in [0.15, 0.2) is 5.78 Å². The molecule has 0 saturated heterocycles. The van der Waals surface area contributed by atoms with Crippen LogP contribution in [0.3, 0.4) is 0 Å². The van der Waals surface area contributed by atoms with Crippen LogP contribution in [0.25, 0.3) is 17.2 Å². The minimum atomic E-state index is 0. The second kappa shape index (κ2) is 10.9. The summed E-state index contributed by atoms with van der Waals surface area (Å²) in [4.78, 5) is 12.1. The third-order valence-electron chi connectivity index (χ3n) is 3.96. The van der Waals surface area contributed by atoms with Crippen molar-refractivity contribution in [1.82, 2.24) is 0 Å². The SMILES string of the molecule is O=C(/C=C/c1ccccc1-[c-]1cccc1)c1ccccc1.[Fe+2].c1cc[cH-]c1. The molecular formula is C25H20FeO. The van der Waals surface area contributed by atoms with E-state index in [0.29, 0.717) is 5.56 Å². The Morgan fingerprint density at radius 3 is 2.04 bits per heavy atom. The van der Waals surface area contributed by atoms with E-state index in [4.69, 9.17) is 0 Å². The predicted octanol–water partition coefficient (Wildman–Crippen LogP) is 6.37. The molecule has 27 heavy (non-hydrogen) atoms. The van der Waals surface area contributed by atoms with Gasteiger partial charge in [0.05, 0.1) is 0 Å². The first-order chi connectivity index (χ1) is 12.8. The van der Waals surface area contributed by atoms with Crippen molar-refractivity contribution < 1.29 is 21.9 Å². The molecular weight excluding hydrogens is 372 g/mol. The molecule has 0 fully saturated rings. The van der Waals surface area contributed by atoms with Crippen LogP contribution in [0.1, 0.15) is 15.9 Å². The van der Waals surface area contributed by atoms with Crippen molar-refractivity contribution in [3.63, 3.8) is 0 Å². The second-order valence-electron chi connectivity index (χ2n) is 5.79. The molecule has 0 saturated carbocycles. The molecule has 0 bridgehead atoms. The maximum atomic E-state index is 12.1. The molecule has 0 N–H and O–H groups in total. The molecule has 0 aliphatic rings. The zero-order chi connectivity index (χ0) is 18.0. The van der Waals surface area contributed by atoms with Gasteiger partial charge < -0.3 is 0 Å². The van der Waals surface area contributed by atoms with Gasteiger partial charge in [-0.3, -0.25) is 4.79 Å². The van der Waals surface area contributed by atoms with Crippen molar-refractivity contribution in [3.05, 3.63) is 126 Å². The summed E-state index contributed by atoms with van der Waals surface area (Å²) in [6.07, 6.45) is 3.52. The summed E-state index contributed by atoms with van der Waals surface area (Å²) < 4.78 is 0. The third kappa shape index (κ3) is 6.07. The molecule has 1 nitrogen and oxygen atoms in total. The van der Waals surface area contributed by atoms with Gasteiger partial charge in [-0.25, -0.2) is 12.1 Å². The summed E-state index contributed by atoms with van der Waals surface area (Å²) in [7, 11) is 0. The van der Waals surface area contributed by atoms with Crippen LogP contribution in [0, 0.1) is 0 Å². The Hall–Kier alpha value is -2.93. The van der Waals surface area contributed by atoms with E-state index in [9.17, 15) is 4.79 Å². The van der Waals surface area contributed by atoms with Gasteiger partial charge >= 0.3 is 17.1 Å². The fraction of sp³-hybridized carbons (Fsp3) is 0. The Morgan fingerprint density at radius 1 is 0.778 bits per heavy atom. The van der Waals surface area contributed by atoms with Crippen LogP contribution in [0.15, 0.2) is 115 Å². The zero-order valence-electron chi connectivity index (χ0n) is 14.8. The van der Waals surface area contributed by atoms with E-state index in [1.165, 1.54) is 5.56 Å². The van der Waals surface area contributed by atoms with E-state index in [0.717, 1.165) is 11.1 Å². The van der Waals surface area contributed by atoms with Crippen LogP contribution in [0.4, 0.5) is 0 Å². The average Bonchev–Trinajstić information content (AvgIpc) is 3.43. The maximum absolute atomic E-state index is 12.1. The van der Waals surface area contributed by atoms with Gasteiger partial charge in [-0.2, -0.15) is 30.3 Å². The maximum Gasteiger partial charge on any atom is 2.00 e.